The first kappa shape index (κ1) is 12.2. The van der Waals surface area contributed by atoms with Gasteiger partial charge in [0.25, 0.3) is 0 Å². The molecule has 0 rings (SSSR count). The fourth-order valence-corrected chi connectivity index (χ4v) is 0.645. The number of carbonyl (C=O) groups is 1. The molecule has 0 aromatic heterocycles. The fourth-order valence-electron chi connectivity index (χ4n) is 0.645. The van der Waals surface area contributed by atoms with Gasteiger partial charge < -0.3 is 16.6 Å². The van der Waals surface area contributed by atoms with Crippen molar-refractivity contribution >= 4 is 5.91 Å². The molecule has 13 heavy (non-hydrogen) atoms. The zero-order valence-corrected chi connectivity index (χ0v) is 6.93. The van der Waals surface area contributed by atoms with E-state index in [-0.39, 0.29) is 0 Å². The molecule has 0 aliphatic carbocycles. The van der Waals surface area contributed by atoms with Crippen molar-refractivity contribution in [1.29, 1.82) is 0 Å². The summed E-state index contributed by atoms with van der Waals surface area (Å²) >= 11 is 0. The lowest BCUT2D eigenvalue weighted by atomic mass is 9.96. The minimum absolute atomic E-state index is 0.538. The molecule has 0 aromatic rings. The highest BCUT2D eigenvalue weighted by atomic mass is 19.4. The zero-order chi connectivity index (χ0) is 10.9. The number of alkyl halides is 3. The Balaban J connectivity index is 4.43. The van der Waals surface area contributed by atoms with Gasteiger partial charge in [0.15, 0.2) is 5.60 Å². The van der Waals surface area contributed by atoms with E-state index >= 15 is 0 Å². The van der Waals surface area contributed by atoms with Crippen LogP contribution in [0.25, 0.3) is 0 Å². The van der Waals surface area contributed by atoms with Crippen molar-refractivity contribution in [3.63, 3.8) is 0 Å². The molecular weight excluding hydrogens is 189 g/mol. The Morgan fingerprint density at radius 3 is 2.15 bits per heavy atom. The third kappa shape index (κ3) is 3.19. The standard InChI is InChI=1S/C6H11F3N2O2/c1-5(13,6(7,8)9)2-3(10)4(11)12/h3,13H,2,10H2,1H3,(H2,11,12). The fraction of sp³-hybridized carbons (Fsp3) is 0.833. The second kappa shape index (κ2) is 3.51. The van der Waals surface area contributed by atoms with Crippen molar-refractivity contribution in [1.82, 2.24) is 0 Å². The van der Waals surface area contributed by atoms with Gasteiger partial charge in [-0.05, 0) is 6.92 Å². The summed E-state index contributed by atoms with van der Waals surface area (Å²) in [6.07, 6.45) is -5.76. The second-order valence-electron chi connectivity index (χ2n) is 2.98. The zero-order valence-electron chi connectivity index (χ0n) is 6.93. The van der Waals surface area contributed by atoms with Crippen molar-refractivity contribution in [2.24, 2.45) is 11.5 Å². The number of carbonyl (C=O) groups excluding carboxylic acids is 1. The van der Waals surface area contributed by atoms with E-state index in [1.807, 2.05) is 0 Å². The number of halogens is 3. The molecule has 2 unspecified atom stereocenters. The lowest BCUT2D eigenvalue weighted by Gasteiger charge is -2.27. The van der Waals surface area contributed by atoms with E-state index in [0.717, 1.165) is 0 Å². The normalized spacial score (nSPS) is 19.2. The molecule has 4 nitrogen and oxygen atoms in total. The van der Waals surface area contributed by atoms with Crippen LogP contribution in [0.15, 0.2) is 0 Å². The number of amides is 1. The predicted molar refractivity (Wildman–Crippen MR) is 38.5 cm³/mol. The number of nitrogens with two attached hydrogens (primary N) is 2. The van der Waals surface area contributed by atoms with Crippen LogP contribution in [0.1, 0.15) is 13.3 Å². The molecule has 0 fully saturated rings. The van der Waals surface area contributed by atoms with Gasteiger partial charge in [0.2, 0.25) is 5.91 Å². The lowest BCUT2D eigenvalue weighted by molar-refractivity contribution is -0.255. The molecule has 1 amide bonds. The Morgan fingerprint density at radius 1 is 1.54 bits per heavy atom. The molecule has 0 spiro atoms. The van der Waals surface area contributed by atoms with Gasteiger partial charge in [-0.1, -0.05) is 0 Å². The minimum Gasteiger partial charge on any atom is -0.381 e. The summed E-state index contributed by atoms with van der Waals surface area (Å²) in [5.74, 6) is -1.08. The van der Waals surface area contributed by atoms with Crippen LogP contribution in [0.3, 0.4) is 0 Å². The summed E-state index contributed by atoms with van der Waals surface area (Å²) < 4.78 is 36.0. The first-order valence-corrected chi connectivity index (χ1v) is 3.42. The van der Waals surface area contributed by atoms with Gasteiger partial charge in [-0.25, -0.2) is 0 Å². The maximum absolute atomic E-state index is 12.0. The Morgan fingerprint density at radius 2 is 1.92 bits per heavy atom. The number of rotatable bonds is 3. The van der Waals surface area contributed by atoms with Crippen molar-refractivity contribution in [3.05, 3.63) is 0 Å². The highest BCUT2D eigenvalue weighted by Crippen LogP contribution is 2.33. The summed E-state index contributed by atoms with van der Waals surface area (Å²) in [6.45, 7) is 0.538. The van der Waals surface area contributed by atoms with E-state index in [2.05, 4.69) is 5.73 Å². The molecule has 2 atom stereocenters. The van der Waals surface area contributed by atoms with Crippen LogP contribution in [0.4, 0.5) is 13.2 Å². The summed E-state index contributed by atoms with van der Waals surface area (Å²) in [6, 6.07) is -1.50. The number of hydrogen-bond acceptors (Lipinski definition) is 3. The van der Waals surface area contributed by atoms with E-state index in [1.54, 1.807) is 0 Å². The molecule has 0 heterocycles. The summed E-state index contributed by atoms with van der Waals surface area (Å²) in [5.41, 5.74) is 6.62. The minimum atomic E-state index is -4.82. The number of aliphatic hydroxyl groups is 1. The third-order valence-electron chi connectivity index (χ3n) is 1.59. The Hall–Kier alpha value is -0.820. The van der Waals surface area contributed by atoms with Crippen molar-refractivity contribution in [2.45, 2.75) is 31.2 Å². The van der Waals surface area contributed by atoms with Crippen LogP contribution >= 0.6 is 0 Å². The average molecular weight is 200 g/mol. The molecule has 0 aromatic carbocycles. The Kier molecular flexibility index (Phi) is 3.28. The van der Waals surface area contributed by atoms with E-state index in [9.17, 15) is 18.0 Å². The van der Waals surface area contributed by atoms with E-state index in [4.69, 9.17) is 10.8 Å². The van der Waals surface area contributed by atoms with Gasteiger partial charge in [-0.2, -0.15) is 13.2 Å². The van der Waals surface area contributed by atoms with E-state index in [0.29, 0.717) is 6.92 Å². The lowest BCUT2D eigenvalue weighted by Crippen LogP contribution is -2.50. The molecule has 78 valence electrons. The Labute approximate surface area is 72.7 Å². The van der Waals surface area contributed by atoms with Crippen LogP contribution in [0, 0.1) is 0 Å². The van der Waals surface area contributed by atoms with Crippen molar-refractivity contribution in [2.75, 3.05) is 0 Å². The Bertz CT molecular complexity index is 203. The first-order valence-electron chi connectivity index (χ1n) is 3.42. The molecule has 0 saturated carbocycles. The quantitative estimate of drug-likeness (QED) is 0.573. The highest BCUT2D eigenvalue weighted by Gasteiger charge is 2.50. The molecular formula is C6H11F3N2O2. The van der Waals surface area contributed by atoms with E-state index in [1.165, 1.54) is 0 Å². The molecule has 0 saturated heterocycles. The molecule has 0 aliphatic rings. The smallest absolute Gasteiger partial charge is 0.381 e. The number of hydrogen-bond donors (Lipinski definition) is 3. The highest BCUT2D eigenvalue weighted by molar-refractivity contribution is 5.79. The average Bonchev–Trinajstić information content (AvgIpc) is 1.83. The largest absolute Gasteiger partial charge is 0.416 e. The van der Waals surface area contributed by atoms with Gasteiger partial charge in [-0.3, -0.25) is 4.79 Å². The van der Waals surface area contributed by atoms with Gasteiger partial charge >= 0.3 is 6.18 Å². The van der Waals surface area contributed by atoms with Crippen LogP contribution in [-0.4, -0.2) is 28.8 Å². The molecule has 0 aliphatic heterocycles. The van der Waals surface area contributed by atoms with E-state index < -0.39 is 30.1 Å². The summed E-state index contributed by atoms with van der Waals surface area (Å²) in [5, 5.41) is 8.86. The van der Waals surface area contributed by atoms with Gasteiger partial charge in [0.1, 0.15) is 0 Å². The first-order chi connectivity index (χ1) is 5.58. The second-order valence-corrected chi connectivity index (χ2v) is 2.98. The number of primary amides is 1. The SMILES string of the molecule is CC(O)(CC(N)C(N)=O)C(F)(F)F. The van der Waals surface area contributed by atoms with Gasteiger partial charge in [-0.15, -0.1) is 0 Å². The maximum Gasteiger partial charge on any atom is 0.416 e. The summed E-state index contributed by atoms with van der Waals surface area (Å²) in [4.78, 5) is 10.3. The van der Waals surface area contributed by atoms with Crippen LogP contribution < -0.4 is 11.5 Å². The van der Waals surface area contributed by atoms with Gasteiger partial charge in [0, 0.05) is 6.42 Å². The molecule has 0 radical (unpaired) electrons. The van der Waals surface area contributed by atoms with Gasteiger partial charge in [0.05, 0.1) is 6.04 Å². The maximum atomic E-state index is 12.0. The van der Waals surface area contributed by atoms with Crippen LogP contribution in [0.5, 0.6) is 0 Å². The van der Waals surface area contributed by atoms with Crippen LogP contribution in [-0.2, 0) is 4.79 Å². The predicted octanol–water partition coefficient (Wildman–Crippen LogP) is -0.498. The topological polar surface area (TPSA) is 89.3 Å². The van der Waals surface area contributed by atoms with Crippen molar-refractivity contribution < 1.29 is 23.1 Å². The molecule has 5 N–H and O–H groups in total. The third-order valence-corrected chi connectivity index (χ3v) is 1.59. The summed E-state index contributed by atoms with van der Waals surface area (Å²) in [7, 11) is 0. The van der Waals surface area contributed by atoms with Crippen LogP contribution in [0.2, 0.25) is 0 Å². The molecule has 7 heteroatoms. The monoisotopic (exact) mass is 200 g/mol. The molecule has 0 bridgehead atoms. The van der Waals surface area contributed by atoms with Crippen molar-refractivity contribution in [3.8, 4) is 0 Å².